The Balaban J connectivity index is 1.63. The summed E-state index contributed by atoms with van der Waals surface area (Å²) in [5.74, 6) is 1.40. The molecule has 2 N–H and O–H groups in total. The van der Waals surface area contributed by atoms with E-state index in [4.69, 9.17) is 9.47 Å². The molecule has 0 aliphatic heterocycles. The van der Waals surface area contributed by atoms with Crippen LogP contribution < -0.4 is 20.1 Å². The number of amides is 2. The van der Waals surface area contributed by atoms with E-state index in [1.807, 2.05) is 36.4 Å². The number of hydrogen-bond donors (Lipinski definition) is 2. The summed E-state index contributed by atoms with van der Waals surface area (Å²) in [5, 5.41) is 5.76. The molecule has 134 valence electrons. The quantitative estimate of drug-likeness (QED) is 0.688. The predicted octanol–water partition coefficient (Wildman–Crippen LogP) is 3.18. The van der Waals surface area contributed by atoms with Crippen LogP contribution in [0.2, 0.25) is 0 Å². The van der Waals surface area contributed by atoms with Crippen molar-refractivity contribution in [3.63, 3.8) is 0 Å². The molecule has 0 atom stereocenters. The molecule has 5 nitrogen and oxygen atoms in total. The third kappa shape index (κ3) is 6.37. The van der Waals surface area contributed by atoms with Gasteiger partial charge in [0.25, 0.3) is 0 Å². The van der Waals surface area contributed by atoms with Crippen molar-refractivity contribution in [3.05, 3.63) is 59.7 Å². The van der Waals surface area contributed by atoms with Gasteiger partial charge >= 0.3 is 6.03 Å². The van der Waals surface area contributed by atoms with Crippen molar-refractivity contribution in [1.29, 1.82) is 0 Å². The van der Waals surface area contributed by atoms with Gasteiger partial charge < -0.3 is 20.1 Å². The van der Waals surface area contributed by atoms with Crippen molar-refractivity contribution >= 4 is 6.03 Å². The molecule has 0 unspecified atom stereocenters. The molecule has 0 spiro atoms. The highest BCUT2D eigenvalue weighted by Gasteiger charge is 2.05. The monoisotopic (exact) mass is 342 g/mol. The summed E-state index contributed by atoms with van der Waals surface area (Å²) in [6, 6.07) is 15.9. The molecule has 25 heavy (non-hydrogen) atoms. The number of aryl methyl sites for hydroxylation is 1. The summed E-state index contributed by atoms with van der Waals surface area (Å²) in [5.41, 5.74) is 2.38. The van der Waals surface area contributed by atoms with Gasteiger partial charge in [-0.15, -0.1) is 0 Å². The lowest BCUT2D eigenvalue weighted by Crippen LogP contribution is -2.37. The van der Waals surface area contributed by atoms with Crippen LogP contribution >= 0.6 is 0 Å². The van der Waals surface area contributed by atoms with Crippen LogP contribution in [0.5, 0.6) is 11.5 Å². The van der Waals surface area contributed by atoms with Gasteiger partial charge in [-0.3, -0.25) is 0 Å². The summed E-state index contributed by atoms with van der Waals surface area (Å²) in [6.07, 6.45) is 2.62. The highest BCUT2D eigenvalue weighted by atomic mass is 16.5. The summed E-state index contributed by atoms with van der Waals surface area (Å²) >= 11 is 0. The molecule has 5 heteroatoms. The molecular formula is C20H26N2O3. The summed E-state index contributed by atoms with van der Waals surface area (Å²) < 4.78 is 10.5. The van der Waals surface area contributed by atoms with Crippen molar-refractivity contribution in [2.75, 3.05) is 27.3 Å². The largest absolute Gasteiger partial charge is 0.493 e. The number of hydrogen-bond acceptors (Lipinski definition) is 3. The van der Waals surface area contributed by atoms with Crippen molar-refractivity contribution in [1.82, 2.24) is 10.6 Å². The van der Waals surface area contributed by atoms with Crippen LogP contribution in [0.1, 0.15) is 17.5 Å². The number of urea groups is 1. The first kappa shape index (κ1) is 18.6. The number of carbonyl (C=O) groups excluding carboxylic acids is 1. The number of benzene rings is 2. The Bertz CT molecular complexity index is 659. The smallest absolute Gasteiger partial charge is 0.314 e. The van der Waals surface area contributed by atoms with Crippen molar-refractivity contribution in [2.45, 2.75) is 19.3 Å². The summed E-state index contributed by atoms with van der Waals surface area (Å²) in [6.45, 7) is 1.23. The Morgan fingerprint density at radius 1 is 0.840 bits per heavy atom. The maximum absolute atomic E-state index is 11.8. The molecule has 2 amide bonds. The molecule has 0 saturated carbocycles. The standard InChI is InChI=1S/C20H26N2O3/c1-24-18-11-10-17(15-19(18)25-2)12-14-22-20(23)21-13-6-9-16-7-4-3-5-8-16/h3-5,7-8,10-11,15H,6,9,12-14H2,1-2H3,(H2,21,22,23). The van der Waals surface area contributed by atoms with Gasteiger partial charge in [-0.2, -0.15) is 0 Å². The van der Waals surface area contributed by atoms with Crippen LogP contribution in [0.3, 0.4) is 0 Å². The first-order chi connectivity index (χ1) is 12.2. The van der Waals surface area contributed by atoms with E-state index in [1.165, 1.54) is 5.56 Å². The molecule has 0 saturated heterocycles. The third-order valence-electron chi connectivity index (χ3n) is 3.92. The molecular weight excluding hydrogens is 316 g/mol. The molecule has 2 aromatic rings. The van der Waals surface area contributed by atoms with Gasteiger partial charge in [-0.1, -0.05) is 36.4 Å². The predicted molar refractivity (Wildman–Crippen MR) is 99.4 cm³/mol. The van der Waals surface area contributed by atoms with Crippen molar-refractivity contribution in [2.24, 2.45) is 0 Å². The zero-order chi connectivity index (χ0) is 17.9. The van der Waals surface area contributed by atoms with E-state index in [0.717, 1.165) is 24.8 Å². The molecule has 0 aliphatic rings. The fraction of sp³-hybridized carbons (Fsp3) is 0.350. The Hall–Kier alpha value is -2.69. The topological polar surface area (TPSA) is 59.6 Å². The second kappa shape index (κ2) is 10.2. The molecule has 0 heterocycles. The highest BCUT2D eigenvalue weighted by molar-refractivity contribution is 5.73. The van der Waals surface area contributed by atoms with E-state index in [0.29, 0.717) is 24.6 Å². The second-order valence-electron chi connectivity index (χ2n) is 5.71. The highest BCUT2D eigenvalue weighted by Crippen LogP contribution is 2.27. The van der Waals surface area contributed by atoms with Crippen LogP contribution in [-0.4, -0.2) is 33.3 Å². The lowest BCUT2D eigenvalue weighted by molar-refractivity contribution is 0.241. The summed E-state index contributed by atoms with van der Waals surface area (Å²) in [7, 11) is 3.23. The van der Waals surface area contributed by atoms with Crippen LogP contribution in [-0.2, 0) is 12.8 Å². The van der Waals surface area contributed by atoms with Gasteiger partial charge in [0.2, 0.25) is 0 Å². The number of carbonyl (C=O) groups is 1. The van der Waals surface area contributed by atoms with Gasteiger partial charge in [0.05, 0.1) is 14.2 Å². The maximum Gasteiger partial charge on any atom is 0.314 e. The normalized spacial score (nSPS) is 10.2. The molecule has 0 aromatic heterocycles. The first-order valence-corrected chi connectivity index (χ1v) is 8.49. The van der Waals surface area contributed by atoms with Gasteiger partial charge in [-0.25, -0.2) is 4.79 Å². The van der Waals surface area contributed by atoms with Crippen molar-refractivity contribution < 1.29 is 14.3 Å². The number of nitrogens with one attached hydrogen (secondary N) is 2. The van der Waals surface area contributed by atoms with E-state index in [9.17, 15) is 4.79 Å². The van der Waals surface area contributed by atoms with Gasteiger partial charge in [0, 0.05) is 13.1 Å². The lowest BCUT2D eigenvalue weighted by Gasteiger charge is -2.10. The average molecular weight is 342 g/mol. The third-order valence-corrected chi connectivity index (χ3v) is 3.92. The van der Waals surface area contributed by atoms with Crippen LogP contribution in [0, 0.1) is 0 Å². The zero-order valence-corrected chi connectivity index (χ0v) is 14.9. The minimum absolute atomic E-state index is 0.131. The van der Waals surface area contributed by atoms with Crippen LogP contribution in [0.15, 0.2) is 48.5 Å². The Kier molecular flexibility index (Phi) is 7.63. The Morgan fingerprint density at radius 3 is 2.28 bits per heavy atom. The fourth-order valence-electron chi connectivity index (χ4n) is 2.56. The van der Waals surface area contributed by atoms with Crippen molar-refractivity contribution in [3.8, 4) is 11.5 Å². The van der Waals surface area contributed by atoms with Gasteiger partial charge in [0.15, 0.2) is 11.5 Å². The molecule has 2 rings (SSSR count). The minimum Gasteiger partial charge on any atom is -0.493 e. The first-order valence-electron chi connectivity index (χ1n) is 8.49. The summed E-state index contributed by atoms with van der Waals surface area (Å²) in [4.78, 5) is 11.8. The van der Waals surface area contributed by atoms with Gasteiger partial charge in [0.1, 0.15) is 0 Å². The van der Waals surface area contributed by atoms with E-state index in [2.05, 4.69) is 22.8 Å². The second-order valence-corrected chi connectivity index (χ2v) is 5.71. The number of ether oxygens (including phenoxy) is 2. The molecule has 0 radical (unpaired) electrons. The van der Waals surface area contributed by atoms with E-state index in [-0.39, 0.29) is 6.03 Å². The Morgan fingerprint density at radius 2 is 1.56 bits per heavy atom. The molecule has 2 aromatic carbocycles. The number of methoxy groups -OCH3 is 2. The molecule has 0 fully saturated rings. The molecule has 0 aliphatic carbocycles. The van der Waals surface area contributed by atoms with Gasteiger partial charge in [-0.05, 0) is 42.5 Å². The molecule has 0 bridgehead atoms. The number of rotatable bonds is 9. The fourth-order valence-corrected chi connectivity index (χ4v) is 2.56. The van der Waals surface area contributed by atoms with E-state index >= 15 is 0 Å². The minimum atomic E-state index is -0.131. The Labute approximate surface area is 149 Å². The van der Waals surface area contributed by atoms with E-state index < -0.39 is 0 Å². The lowest BCUT2D eigenvalue weighted by atomic mass is 10.1. The van der Waals surface area contributed by atoms with E-state index in [1.54, 1.807) is 14.2 Å². The van der Waals surface area contributed by atoms with Crippen LogP contribution in [0.25, 0.3) is 0 Å². The average Bonchev–Trinajstić information content (AvgIpc) is 2.66. The SMILES string of the molecule is COc1ccc(CCNC(=O)NCCCc2ccccc2)cc1OC. The van der Waals surface area contributed by atoms with Crippen LogP contribution in [0.4, 0.5) is 4.79 Å². The maximum atomic E-state index is 11.8. The zero-order valence-electron chi connectivity index (χ0n) is 14.9.